The summed E-state index contributed by atoms with van der Waals surface area (Å²) in [5.41, 5.74) is 0.975. The lowest BCUT2D eigenvalue weighted by Gasteiger charge is -2.13. The third kappa shape index (κ3) is 2.28. The molecule has 1 atom stereocenters. The molecule has 2 aromatic rings. The van der Waals surface area contributed by atoms with Crippen LogP contribution in [0.3, 0.4) is 0 Å². The Kier molecular flexibility index (Phi) is 3.14. The van der Waals surface area contributed by atoms with E-state index in [1.807, 2.05) is 0 Å². The molecule has 0 spiro atoms. The number of aromatic nitrogens is 1. The monoisotopic (exact) mass is 315 g/mol. The molecule has 0 radical (unpaired) electrons. The van der Waals surface area contributed by atoms with Crippen molar-refractivity contribution in [2.45, 2.75) is 25.4 Å². The van der Waals surface area contributed by atoms with Gasteiger partial charge in [0.25, 0.3) is 5.91 Å². The topological polar surface area (TPSA) is 66.7 Å². The Labute approximate surface area is 131 Å². The van der Waals surface area contributed by atoms with Gasteiger partial charge in [-0.2, -0.15) is 0 Å². The van der Waals surface area contributed by atoms with E-state index in [-0.39, 0.29) is 36.2 Å². The number of fused-ring (bicyclic) bond motifs is 1. The number of halogens is 1. The molecular weight excluding hydrogens is 301 g/mol. The maximum atomic E-state index is 13.2. The van der Waals surface area contributed by atoms with Crippen molar-refractivity contribution >= 4 is 11.9 Å². The predicted molar refractivity (Wildman–Crippen MR) is 77.6 cm³/mol. The lowest BCUT2D eigenvalue weighted by molar-refractivity contribution is -0.128. The Bertz CT molecular complexity index is 766. The summed E-state index contributed by atoms with van der Waals surface area (Å²) in [7, 11) is 0. The molecule has 2 fully saturated rings. The van der Waals surface area contributed by atoms with Crippen molar-refractivity contribution in [2.24, 2.45) is 0 Å². The van der Waals surface area contributed by atoms with Gasteiger partial charge in [0.2, 0.25) is 5.89 Å². The summed E-state index contributed by atoms with van der Waals surface area (Å²) in [4.78, 5) is 31.6. The van der Waals surface area contributed by atoms with E-state index in [1.165, 1.54) is 23.3 Å². The highest BCUT2D eigenvalue weighted by Gasteiger charge is 2.47. The number of benzene rings is 1. The molecule has 0 N–H and O–H groups in total. The highest BCUT2D eigenvalue weighted by molar-refractivity contribution is 6.04. The molecule has 0 bridgehead atoms. The summed E-state index contributed by atoms with van der Waals surface area (Å²) in [6, 6.07) is 5.31. The number of nitrogens with zero attached hydrogens (tertiary/aromatic N) is 3. The molecule has 6 nitrogen and oxygen atoms in total. The highest BCUT2D eigenvalue weighted by atomic mass is 19.1. The Morgan fingerprint density at radius 3 is 3.00 bits per heavy atom. The van der Waals surface area contributed by atoms with E-state index in [4.69, 9.17) is 4.42 Å². The van der Waals surface area contributed by atoms with Crippen molar-refractivity contribution in [3.8, 4) is 11.5 Å². The summed E-state index contributed by atoms with van der Waals surface area (Å²) in [5, 5.41) is 0. The normalized spacial score (nSPS) is 20.5. The van der Waals surface area contributed by atoms with Crippen LogP contribution in [0.4, 0.5) is 9.18 Å². The van der Waals surface area contributed by atoms with E-state index < -0.39 is 0 Å². The van der Waals surface area contributed by atoms with Crippen LogP contribution in [0.2, 0.25) is 0 Å². The number of carbonyl (C=O) groups excluding carboxylic acids is 2. The Morgan fingerprint density at radius 1 is 1.35 bits per heavy atom. The van der Waals surface area contributed by atoms with Crippen molar-refractivity contribution in [1.82, 2.24) is 14.8 Å². The first-order valence-corrected chi connectivity index (χ1v) is 7.46. The Balaban J connectivity index is 1.54. The van der Waals surface area contributed by atoms with E-state index in [1.54, 1.807) is 17.0 Å². The van der Waals surface area contributed by atoms with Gasteiger partial charge in [0.05, 0.1) is 12.2 Å². The van der Waals surface area contributed by atoms with Gasteiger partial charge < -0.3 is 9.32 Å². The van der Waals surface area contributed by atoms with Crippen LogP contribution >= 0.6 is 0 Å². The van der Waals surface area contributed by atoms with E-state index in [2.05, 4.69) is 4.98 Å². The van der Waals surface area contributed by atoms with Gasteiger partial charge in [-0.25, -0.2) is 14.2 Å². The van der Waals surface area contributed by atoms with E-state index >= 15 is 0 Å². The Hall–Kier alpha value is -2.70. The maximum absolute atomic E-state index is 13.2. The summed E-state index contributed by atoms with van der Waals surface area (Å²) in [6.45, 7) is 0.697. The zero-order chi connectivity index (χ0) is 16.0. The number of oxazole rings is 1. The first kappa shape index (κ1) is 13.9. The minimum absolute atomic E-state index is 0.0729. The third-order valence-electron chi connectivity index (χ3n) is 4.22. The molecule has 118 valence electrons. The second-order valence-electron chi connectivity index (χ2n) is 5.71. The number of hydrogen-bond donors (Lipinski definition) is 0. The molecule has 0 unspecified atom stereocenters. The molecule has 2 aliphatic heterocycles. The van der Waals surface area contributed by atoms with Crippen molar-refractivity contribution in [3.05, 3.63) is 42.0 Å². The molecule has 1 aromatic carbocycles. The summed E-state index contributed by atoms with van der Waals surface area (Å²) < 4.78 is 18.6. The van der Waals surface area contributed by atoms with Crippen molar-refractivity contribution < 1.29 is 18.4 Å². The molecular formula is C16H14FN3O3. The smallest absolute Gasteiger partial charge is 0.327 e. The fourth-order valence-electron chi connectivity index (χ4n) is 3.12. The molecule has 3 amide bonds. The third-order valence-corrected chi connectivity index (χ3v) is 4.22. The standard InChI is InChI=1S/C16H14FN3O3/c17-11-4-1-3-10(7-11)14-18-12(9-23-14)8-20-15(21)13-5-2-6-19(13)16(20)22/h1,3-4,7,9,13H,2,5-6,8H2/t13-/m0/s1. The van der Waals surface area contributed by atoms with Crippen LogP contribution in [0.15, 0.2) is 34.9 Å². The first-order valence-electron chi connectivity index (χ1n) is 7.46. The molecule has 0 aliphatic carbocycles. The van der Waals surface area contributed by atoms with E-state index in [0.717, 1.165) is 6.42 Å². The second-order valence-corrected chi connectivity index (χ2v) is 5.71. The van der Waals surface area contributed by atoms with Crippen LogP contribution < -0.4 is 0 Å². The Morgan fingerprint density at radius 2 is 2.22 bits per heavy atom. The number of carbonyl (C=O) groups is 2. The van der Waals surface area contributed by atoms with Gasteiger partial charge in [0.15, 0.2) is 0 Å². The minimum atomic E-state index is -0.382. The molecule has 0 saturated carbocycles. The lowest BCUT2D eigenvalue weighted by atomic mass is 10.2. The summed E-state index contributed by atoms with van der Waals surface area (Å²) in [6.07, 6.45) is 2.97. The minimum Gasteiger partial charge on any atom is -0.444 e. The fourth-order valence-corrected chi connectivity index (χ4v) is 3.12. The van der Waals surface area contributed by atoms with Gasteiger partial charge in [-0.1, -0.05) is 6.07 Å². The SMILES string of the molecule is O=C1[C@@H]2CCCN2C(=O)N1Cc1coc(-c2cccc(F)c2)n1. The average molecular weight is 315 g/mol. The number of rotatable bonds is 3. The molecule has 4 rings (SSSR count). The van der Waals surface area contributed by atoms with Crippen LogP contribution in [0.5, 0.6) is 0 Å². The van der Waals surface area contributed by atoms with Gasteiger partial charge in [-0.05, 0) is 31.0 Å². The van der Waals surface area contributed by atoms with Crippen LogP contribution in [0.1, 0.15) is 18.5 Å². The molecule has 2 saturated heterocycles. The number of imide groups is 1. The van der Waals surface area contributed by atoms with Gasteiger partial charge in [0.1, 0.15) is 18.1 Å². The van der Waals surface area contributed by atoms with Gasteiger partial charge in [0, 0.05) is 12.1 Å². The van der Waals surface area contributed by atoms with Gasteiger partial charge >= 0.3 is 6.03 Å². The van der Waals surface area contributed by atoms with Crippen molar-refractivity contribution in [2.75, 3.05) is 6.54 Å². The summed E-state index contributed by atoms with van der Waals surface area (Å²) in [5.74, 6) is -0.297. The molecule has 2 aliphatic rings. The van der Waals surface area contributed by atoms with Gasteiger partial charge in [-0.15, -0.1) is 0 Å². The number of amides is 3. The molecule has 7 heteroatoms. The van der Waals surface area contributed by atoms with Crippen LogP contribution in [0, 0.1) is 5.82 Å². The summed E-state index contributed by atoms with van der Waals surface area (Å²) >= 11 is 0. The quantitative estimate of drug-likeness (QED) is 0.816. The largest absolute Gasteiger partial charge is 0.444 e. The second kappa shape index (κ2) is 5.19. The van der Waals surface area contributed by atoms with Crippen molar-refractivity contribution in [1.29, 1.82) is 0 Å². The van der Waals surface area contributed by atoms with Crippen LogP contribution in [-0.2, 0) is 11.3 Å². The van der Waals surface area contributed by atoms with Crippen LogP contribution in [-0.4, -0.2) is 39.3 Å². The zero-order valence-corrected chi connectivity index (χ0v) is 12.2. The van der Waals surface area contributed by atoms with Gasteiger partial charge in [-0.3, -0.25) is 9.69 Å². The first-order chi connectivity index (χ1) is 11.1. The number of hydrogen-bond acceptors (Lipinski definition) is 4. The zero-order valence-electron chi connectivity index (χ0n) is 12.2. The average Bonchev–Trinajstić information content (AvgIpc) is 3.24. The molecule has 23 heavy (non-hydrogen) atoms. The van der Waals surface area contributed by atoms with Crippen molar-refractivity contribution in [3.63, 3.8) is 0 Å². The van der Waals surface area contributed by atoms with E-state index in [9.17, 15) is 14.0 Å². The van der Waals surface area contributed by atoms with Crippen LogP contribution in [0.25, 0.3) is 11.5 Å². The highest BCUT2D eigenvalue weighted by Crippen LogP contribution is 2.29. The maximum Gasteiger partial charge on any atom is 0.327 e. The number of urea groups is 1. The fraction of sp³-hybridized carbons (Fsp3) is 0.312. The molecule has 1 aromatic heterocycles. The lowest BCUT2D eigenvalue weighted by Crippen LogP contribution is -2.32. The van der Waals surface area contributed by atoms with E-state index in [0.29, 0.717) is 24.2 Å². The predicted octanol–water partition coefficient (Wildman–Crippen LogP) is 2.41. The molecule has 3 heterocycles.